The van der Waals surface area contributed by atoms with Crippen molar-refractivity contribution in [3.63, 3.8) is 0 Å². The number of carboxylic acids is 1. The van der Waals surface area contributed by atoms with E-state index in [-0.39, 0.29) is 25.0 Å². The zero-order valence-electron chi connectivity index (χ0n) is 11.0. The van der Waals surface area contributed by atoms with Gasteiger partial charge in [-0.25, -0.2) is 4.98 Å². The zero-order valence-corrected chi connectivity index (χ0v) is 11.0. The van der Waals surface area contributed by atoms with Crippen LogP contribution in [0.4, 0.5) is 0 Å². The van der Waals surface area contributed by atoms with Crippen molar-refractivity contribution in [2.45, 2.75) is 32.8 Å². The van der Waals surface area contributed by atoms with Crippen LogP contribution in [0.5, 0.6) is 5.88 Å². The van der Waals surface area contributed by atoms with Crippen LogP contribution in [0.15, 0.2) is 18.3 Å². The van der Waals surface area contributed by atoms with Crippen molar-refractivity contribution in [2.75, 3.05) is 6.54 Å². The second-order valence-electron chi connectivity index (χ2n) is 4.12. The standard InChI is InChI=1S/C13H18N2O4/c1-3-9(2)19-11-8-10(4-6-14-11)13(18)15-7-5-12(16)17/h4,6,8-9H,3,5,7H2,1-2H3,(H,15,18)(H,16,17). The number of rotatable bonds is 7. The predicted octanol–water partition coefficient (Wildman–Crippen LogP) is 1.46. The summed E-state index contributed by atoms with van der Waals surface area (Å²) in [6.45, 7) is 4.01. The number of ether oxygens (including phenoxy) is 1. The third-order valence-corrected chi connectivity index (χ3v) is 2.52. The fourth-order valence-corrected chi connectivity index (χ4v) is 1.29. The first-order chi connectivity index (χ1) is 9.02. The first-order valence-electron chi connectivity index (χ1n) is 6.15. The van der Waals surface area contributed by atoms with Gasteiger partial charge in [-0.15, -0.1) is 0 Å². The van der Waals surface area contributed by atoms with E-state index in [1.165, 1.54) is 6.20 Å². The largest absolute Gasteiger partial charge is 0.481 e. The Balaban J connectivity index is 2.60. The van der Waals surface area contributed by atoms with Gasteiger partial charge in [0.1, 0.15) is 0 Å². The van der Waals surface area contributed by atoms with Crippen LogP contribution >= 0.6 is 0 Å². The summed E-state index contributed by atoms with van der Waals surface area (Å²) in [7, 11) is 0. The Morgan fingerprint density at radius 2 is 2.26 bits per heavy atom. The van der Waals surface area contributed by atoms with Gasteiger partial charge in [-0.3, -0.25) is 9.59 Å². The van der Waals surface area contributed by atoms with Gasteiger partial charge in [0.2, 0.25) is 5.88 Å². The number of carbonyl (C=O) groups excluding carboxylic acids is 1. The summed E-state index contributed by atoms with van der Waals surface area (Å²) in [5.41, 5.74) is 0.402. The second kappa shape index (κ2) is 7.35. The molecular formula is C13H18N2O4. The topological polar surface area (TPSA) is 88.5 Å². The highest BCUT2D eigenvalue weighted by molar-refractivity contribution is 5.94. The molecule has 0 spiro atoms. The number of hydrogen-bond donors (Lipinski definition) is 2. The van der Waals surface area contributed by atoms with E-state index in [1.54, 1.807) is 12.1 Å². The van der Waals surface area contributed by atoms with Crippen LogP contribution in [0.1, 0.15) is 37.0 Å². The number of hydrogen-bond acceptors (Lipinski definition) is 4. The van der Waals surface area contributed by atoms with Crippen LogP contribution in [0.2, 0.25) is 0 Å². The third-order valence-electron chi connectivity index (χ3n) is 2.52. The molecule has 0 fully saturated rings. The Morgan fingerprint density at radius 1 is 1.53 bits per heavy atom. The van der Waals surface area contributed by atoms with Crippen molar-refractivity contribution in [3.05, 3.63) is 23.9 Å². The van der Waals surface area contributed by atoms with Crippen molar-refractivity contribution >= 4 is 11.9 Å². The van der Waals surface area contributed by atoms with E-state index in [0.29, 0.717) is 11.4 Å². The van der Waals surface area contributed by atoms with Crippen molar-refractivity contribution in [2.24, 2.45) is 0 Å². The Hall–Kier alpha value is -2.11. The lowest BCUT2D eigenvalue weighted by molar-refractivity contribution is -0.136. The fraction of sp³-hybridized carbons (Fsp3) is 0.462. The highest BCUT2D eigenvalue weighted by atomic mass is 16.5. The fourth-order valence-electron chi connectivity index (χ4n) is 1.29. The molecule has 0 saturated carbocycles. The third kappa shape index (κ3) is 5.37. The maximum atomic E-state index is 11.7. The minimum absolute atomic E-state index is 0.0258. The van der Waals surface area contributed by atoms with Crippen molar-refractivity contribution in [3.8, 4) is 5.88 Å². The van der Waals surface area contributed by atoms with E-state index >= 15 is 0 Å². The molecule has 1 atom stereocenters. The molecule has 2 N–H and O–H groups in total. The lowest BCUT2D eigenvalue weighted by atomic mass is 10.2. The van der Waals surface area contributed by atoms with Crippen LogP contribution in [-0.4, -0.2) is 34.6 Å². The smallest absolute Gasteiger partial charge is 0.305 e. The molecule has 6 heteroatoms. The molecule has 0 aliphatic carbocycles. The second-order valence-corrected chi connectivity index (χ2v) is 4.12. The van der Waals surface area contributed by atoms with E-state index < -0.39 is 5.97 Å². The highest BCUT2D eigenvalue weighted by Crippen LogP contribution is 2.12. The number of aromatic nitrogens is 1. The Morgan fingerprint density at radius 3 is 2.89 bits per heavy atom. The molecule has 0 aliphatic heterocycles. The number of pyridine rings is 1. The summed E-state index contributed by atoms with van der Waals surface area (Å²) >= 11 is 0. The molecule has 104 valence electrons. The molecule has 0 bridgehead atoms. The molecule has 1 amide bonds. The zero-order chi connectivity index (χ0) is 14.3. The van der Waals surface area contributed by atoms with Crippen LogP contribution < -0.4 is 10.1 Å². The number of nitrogens with zero attached hydrogens (tertiary/aromatic N) is 1. The monoisotopic (exact) mass is 266 g/mol. The summed E-state index contributed by atoms with van der Waals surface area (Å²) in [5.74, 6) is -0.895. The number of carbonyl (C=O) groups is 2. The van der Waals surface area contributed by atoms with Crippen molar-refractivity contribution in [1.82, 2.24) is 10.3 Å². The molecule has 6 nitrogen and oxygen atoms in total. The minimum Gasteiger partial charge on any atom is -0.481 e. The summed E-state index contributed by atoms with van der Waals surface area (Å²) in [6, 6.07) is 3.10. The van der Waals surface area contributed by atoms with Gasteiger partial charge >= 0.3 is 5.97 Å². The maximum Gasteiger partial charge on any atom is 0.305 e. The van der Waals surface area contributed by atoms with Crippen molar-refractivity contribution in [1.29, 1.82) is 0 Å². The number of aliphatic carboxylic acids is 1. The molecule has 1 unspecified atom stereocenters. The van der Waals surface area contributed by atoms with Gasteiger partial charge in [-0.2, -0.15) is 0 Å². The summed E-state index contributed by atoms with van der Waals surface area (Å²) in [6.07, 6.45) is 2.26. The lowest BCUT2D eigenvalue weighted by Gasteiger charge is -2.12. The van der Waals surface area contributed by atoms with E-state index in [4.69, 9.17) is 9.84 Å². The number of nitrogens with one attached hydrogen (secondary N) is 1. The molecular weight excluding hydrogens is 248 g/mol. The molecule has 0 saturated heterocycles. The van der Waals surface area contributed by atoms with E-state index in [2.05, 4.69) is 10.3 Å². The number of amides is 1. The van der Waals surface area contributed by atoms with Crippen molar-refractivity contribution < 1.29 is 19.4 Å². The summed E-state index contributed by atoms with van der Waals surface area (Å²) in [5, 5.41) is 11.0. The van der Waals surface area contributed by atoms with Gasteiger partial charge < -0.3 is 15.2 Å². The van der Waals surface area contributed by atoms with Gasteiger partial charge in [0.05, 0.1) is 12.5 Å². The average molecular weight is 266 g/mol. The molecule has 1 aromatic rings. The quantitative estimate of drug-likeness (QED) is 0.780. The average Bonchev–Trinajstić information content (AvgIpc) is 2.38. The molecule has 1 heterocycles. The first kappa shape index (κ1) is 14.9. The van der Waals surface area contributed by atoms with Crippen LogP contribution in [0.3, 0.4) is 0 Å². The van der Waals surface area contributed by atoms with E-state index in [0.717, 1.165) is 6.42 Å². The Bertz CT molecular complexity index is 448. The molecule has 19 heavy (non-hydrogen) atoms. The Kier molecular flexibility index (Phi) is 5.78. The van der Waals surface area contributed by atoms with Gasteiger partial charge in [0.25, 0.3) is 5.91 Å². The van der Waals surface area contributed by atoms with Gasteiger partial charge in [-0.05, 0) is 19.4 Å². The van der Waals surface area contributed by atoms with E-state index in [1.807, 2.05) is 13.8 Å². The van der Waals surface area contributed by atoms with Gasteiger partial charge in [0.15, 0.2) is 0 Å². The lowest BCUT2D eigenvalue weighted by Crippen LogP contribution is -2.26. The summed E-state index contributed by atoms with van der Waals surface area (Å²) in [4.78, 5) is 26.1. The molecule has 0 radical (unpaired) electrons. The normalized spacial score (nSPS) is 11.7. The summed E-state index contributed by atoms with van der Waals surface area (Å²) < 4.78 is 5.51. The molecule has 0 aliphatic rings. The molecule has 1 rings (SSSR count). The van der Waals surface area contributed by atoms with Gasteiger partial charge in [0, 0.05) is 24.4 Å². The van der Waals surface area contributed by atoms with Gasteiger partial charge in [-0.1, -0.05) is 6.92 Å². The Labute approximate surface area is 111 Å². The minimum atomic E-state index is -0.948. The first-order valence-corrected chi connectivity index (χ1v) is 6.15. The highest BCUT2D eigenvalue weighted by Gasteiger charge is 2.09. The SMILES string of the molecule is CCC(C)Oc1cc(C(=O)NCCC(=O)O)ccn1. The molecule has 0 aromatic carbocycles. The maximum absolute atomic E-state index is 11.7. The van der Waals surface area contributed by atoms with Crippen LogP contribution in [0.25, 0.3) is 0 Å². The van der Waals surface area contributed by atoms with Crippen LogP contribution in [0, 0.1) is 0 Å². The number of carboxylic acid groups (broad SMARTS) is 1. The molecule has 1 aromatic heterocycles. The predicted molar refractivity (Wildman–Crippen MR) is 69.2 cm³/mol. The van der Waals surface area contributed by atoms with Crippen LogP contribution in [-0.2, 0) is 4.79 Å². The van der Waals surface area contributed by atoms with E-state index in [9.17, 15) is 9.59 Å².